The van der Waals surface area contributed by atoms with Crippen LogP contribution in [0.5, 0.6) is 11.5 Å². The number of piperazine rings is 1. The van der Waals surface area contributed by atoms with Crippen molar-refractivity contribution in [1.82, 2.24) is 13.9 Å². The number of rotatable bonds is 7. The number of fused-ring (bicyclic) bond motifs is 2. The predicted molar refractivity (Wildman–Crippen MR) is 120 cm³/mol. The number of aromatic nitrogens is 2. The Morgan fingerprint density at radius 3 is 2.32 bits per heavy atom. The van der Waals surface area contributed by atoms with Crippen LogP contribution in [0.4, 0.5) is 5.95 Å². The topological polar surface area (TPSA) is 94.0 Å². The van der Waals surface area contributed by atoms with Crippen molar-refractivity contribution < 1.29 is 17.9 Å². The van der Waals surface area contributed by atoms with Crippen LogP contribution < -0.4 is 19.9 Å². The Labute approximate surface area is 182 Å². The summed E-state index contributed by atoms with van der Waals surface area (Å²) in [5.41, 5.74) is 0.450. The first-order valence-electron chi connectivity index (χ1n) is 11.0. The van der Waals surface area contributed by atoms with Crippen LogP contribution in [0, 0.1) is 0 Å². The van der Waals surface area contributed by atoms with Crippen LogP contribution in [0.15, 0.2) is 16.9 Å². The molecule has 0 radical (unpaired) electrons. The average molecular weight is 451 g/mol. The fraction of sp³-hybridized carbons (Fsp3) is 0.619. The van der Waals surface area contributed by atoms with Crippen molar-refractivity contribution in [3.63, 3.8) is 0 Å². The highest BCUT2D eigenvalue weighted by Crippen LogP contribution is 2.33. The lowest BCUT2D eigenvalue weighted by Crippen LogP contribution is -2.50. The smallest absolute Gasteiger partial charge is 0.262 e. The van der Waals surface area contributed by atoms with Crippen molar-refractivity contribution >= 4 is 26.9 Å². The van der Waals surface area contributed by atoms with Gasteiger partial charge in [0.2, 0.25) is 16.0 Å². The summed E-state index contributed by atoms with van der Waals surface area (Å²) in [6.07, 6.45) is 2.30. The van der Waals surface area contributed by atoms with Gasteiger partial charge in [0, 0.05) is 38.8 Å². The SMILES string of the molecule is CCCCS(=O)(=O)N1CCN(c2nc3cc4c(cc3c(=O)n2CCC)OCCO4)CC1. The summed E-state index contributed by atoms with van der Waals surface area (Å²) in [5, 5.41) is 0.502. The highest BCUT2D eigenvalue weighted by Gasteiger charge is 2.29. The molecule has 170 valence electrons. The lowest BCUT2D eigenvalue weighted by molar-refractivity contribution is 0.172. The molecule has 31 heavy (non-hydrogen) atoms. The van der Waals surface area contributed by atoms with E-state index < -0.39 is 10.0 Å². The molecule has 2 aliphatic heterocycles. The molecule has 0 amide bonds. The van der Waals surface area contributed by atoms with Crippen molar-refractivity contribution in [3.05, 3.63) is 22.5 Å². The number of anilines is 1. The summed E-state index contributed by atoms with van der Waals surface area (Å²) < 4.78 is 39.6. The summed E-state index contributed by atoms with van der Waals surface area (Å²) in [6, 6.07) is 3.48. The van der Waals surface area contributed by atoms with E-state index in [4.69, 9.17) is 14.5 Å². The predicted octanol–water partition coefficient (Wildman–Crippen LogP) is 1.83. The van der Waals surface area contributed by atoms with E-state index in [9.17, 15) is 13.2 Å². The number of ether oxygens (including phenoxy) is 2. The molecule has 0 unspecified atom stereocenters. The Hall–Kier alpha value is -2.33. The van der Waals surface area contributed by atoms with Crippen molar-refractivity contribution in [2.75, 3.05) is 50.0 Å². The van der Waals surface area contributed by atoms with E-state index in [1.54, 1.807) is 21.0 Å². The van der Waals surface area contributed by atoms with Gasteiger partial charge in [-0.05, 0) is 18.9 Å². The molecular weight excluding hydrogens is 420 g/mol. The minimum absolute atomic E-state index is 0.114. The van der Waals surface area contributed by atoms with Gasteiger partial charge in [-0.25, -0.2) is 13.4 Å². The van der Waals surface area contributed by atoms with Crippen LogP contribution in [0.25, 0.3) is 10.9 Å². The first kappa shape index (κ1) is 21.9. The maximum Gasteiger partial charge on any atom is 0.262 e. The molecule has 0 bridgehead atoms. The molecule has 1 fully saturated rings. The number of unbranched alkanes of at least 4 members (excludes halogenated alkanes) is 1. The van der Waals surface area contributed by atoms with Gasteiger partial charge in [0.25, 0.3) is 5.56 Å². The second kappa shape index (κ2) is 9.04. The number of nitrogens with zero attached hydrogens (tertiary/aromatic N) is 4. The largest absolute Gasteiger partial charge is 0.486 e. The van der Waals surface area contributed by atoms with E-state index in [1.165, 1.54) is 0 Å². The van der Waals surface area contributed by atoms with E-state index in [0.717, 1.165) is 12.8 Å². The number of benzene rings is 1. The lowest BCUT2D eigenvalue weighted by atomic mass is 10.2. The van der Waals surface area contributed by atoms with Gasteiger partial charge in [-0.1, -0.05) is 20.3 Å². The van der Waals surface area contributed by atoms with E-state index >= 15 is 0 Å². The lowest BCUT2D eigenvalue weighted by Gasteiger charge is -2.35. The fourth-order valence-corrected chi connectivity index (χ4v) is 5.67. The van der Waals surface area contributed by atoms with Gasteiger partial charge in [-0.15, -0.1) is 0 Å². The molecule has 1 aromatic carbocycles. The fourth-order valence-electron chi connectivity index (χ4n) is 4.03. The zero-order chi connectivity index (χ0) is 22.0. The van der Waals surface area contributed by atoms with Gasteiger partial charge in [0.1, 0.15) is 13.2 Å². The molecule has 4 rings (SSSR count). The van der Waals surface area contributed by atoms with Gasteiger partial charge >= 0.3 is 0 Å². The Morgan fingerprint density at radius 2 is 1.68 bits per heavy atom. The summed E-state index contributed by atoms with van der Waals surface area (Å²) >= 11 is 0. The quantitative estimate of drug-likeness (QED) is 0.635. The Kier molecular flexibility index (Phi) is 6.38. The first-order valence-corrected chi connectivity index (χ1v) is 12.6. The zero-order valence-electron chi connectivity index (χ0n) is 18.2. The molecule has 10 heteroatoms. The highest BCUT2D eigenvalue weighted by atomic mass is 32.2. The standard InChI is InChI=1S/C21H30N4O5S/c1-3-5-13-31(27,28)24-9-7-23(8-10-24)21-22-17-15-19-18(29-11-12-30-19)14-16(17)20(26)25(21)6-4-2/h14-15H,3-13H2,1-2H3. The van der Waals surface area contributed by atoms with Crippen LogP contribution in [0.2, 0.25) is 0 Å². The molecule has 1 aromatic heterocycles. The van der Waals surface area contributed by atoms with E-state index in [1.807, 2.05) is 18.7 Å². The highest BCUT2D eigenvalue weighted by molar-refractivity contribution is 7.89. The monoisotopic (exact) mass is 450 g/mol. The van der Waals surface area contributed by atoms with Gasteiger partial charge in [0.15, 0.2) is 11.5 Å². The van der Waals surface area contributed by atoms with Gasteiger partial charge in [-0.3, -0.25) is 9.36 Å². The molecular formula is C21H30N4O5S. The molecule has 9 nitrogen and oxygen atoms in total. The summed E-state index contributed by atoms with van der Waals surface area (Å²) in [6.45, 7) is 7.25. The maximum absolute atomic E-state index is 13.3. The number of hydrogen-bond acceptors (Lipinski definition) is 7. The normalized spacial score (nSPS) is 17.3. The second-order valence-corrected chi connectivity index (χ2v) is 10.0. The average Bonchev–Trinajstić information content (AvgIpc) is 2.78. The van der Waals surface area contributed by atoms with Crippen LogP contribution in [-0.4, -0.2) is 67.4 Å². The Balaban J connectivity index is 1.65. The molecule has 0 N–H and O–H groups in total. The molecule has 0 aliphatic carbocycles. The van der Waals surface area contributed by atoms with Crippen molar-refractivity contribution in [2.24, 2.45) is 0 Å². The minimum Gasteiger partial charge on any atom is -0.486 e. The van der Waals surface area contributed by atoms with Crippen LogP contribution in [0.1, 0.15) is 33.1 Å². The summed E-state index contributed by atoms with van der Waals surface area (Å²) in [7, 11) is -3.24. The number of sulfonamides is 1. The third-order valence-corrected chi connectivity index (χ3v) is 7.67. The summed E-state index contributed by atoms with van der Waals surface area (Å²) in [4.78, 5) is 20.1. The van der Waals surface area contributed by atoms with Crippen molar-refractivity contribution in [2.45, 2.75) is 39.7 Å². The van der Waals surface area contributed by atoms with Gasteiger partial charge < -0.3 is 14.4 Å². The molecule has 2 aromatic rings. The first-order chi connectivity index (χ1) is 14.9. The Morgan fingerprint density at radius 1 is 1.00 bits per heavy atom. The van der Waals surface area contributed by atoms with Crippen LogP contribution >= 0.6 is 0 Å². The second-order valence-electron chi connectivity index (χ2n) is 7.94. The Bertz CT molecular complexity index is 1110. The molecule has 0 spiro atoms. The van der Waals surface area contributed by atoms with Crippen LogP contribution in [0.3, 0.4) is 0 Å². The van der Waals surface area contributed by atoms with Crippen LogP contribution in [-0.2, 0) is 16.6 Å². The van der Waals surface area contributed by atoms with Crippen molar-refractivity contribution in [3.8, 4) is 11.5 Å². The van der Waals surface area contributed by atoms with E-state index in [2.05, 4.69) is 0 Å². The summed E-state index contributed by atoms with van der Waals surface area (Å²) in [5.74, 6) is 1.93. The minimum atomic E-state index is -3.24. The van der Waals surface area contributed by atoms with Crippen molar-refractivity contribution in [1.29, 1.82) is 0 Å². The van der Waals surface area contributed by atoms with Gasteiger partial charge in [-0.2, -0.15) is 4.31 Å². The van der Waals surface area contributed by atoms with E-state index in [-0.39, 0.29) is 11.3 Å². The zero-order valence-corrected chi connectivity index (χ0v) is 19.0. The molecule has 1 saturated heterocycles. The number of hydrogen-bond donors (Lipinski definition) is 0. The molecule has 0 saturated carbocycles. The molecule has 2 aliphatic rings. The third kappa shape index (κ3) is 4.36. The van der Waals surface area contributed by atoms with Gasteiger partial charge in [0.05, 0.1) is 16.7 Å². The molecule has 0 atom stereocenters. The maximum atomic E-state index is 13.3. The molecule has 3 heterocycles. The third-order valence-electron chi connectivity index (χ3n) is 5.72. The van der Waals surface area contributed by atoms with E-state index in [0.29, 0.717) is 80.7 Å².